The van der Waals surface area contributed by atoms with Crippen molar-refractivity contribution in [2.75, 3.05) is 6.16 Å². The van der Waals surface area contributed by atoms with Gasteiger partial charge in [0.1, 0.15) is 0 Å². The third kappa shape index (κ3) is 3.90. The van der Waals surface area contributed by atoms with Gasteiger partial charge in [0.15, 0.2) is 14.6 Å². The van der Waals surface area contributed by atoms with Crippen LogP contribution in [-0.2, 0) is 4.74 Å². The minimum absolute atomic E-state index is 0. The number of aromatic nitrogens is 2. The highest BCUT2D eigenvalue weighted by Gasteiger charge is 2.22. The molecule has 3 N–H and O–H groups in total. The van der Waals surface area contributed by atoms with Gasteiger partial charge >= 0.3 is 5.69 Å². The molecule has 20 heavy (non-hydrogen) atoms. The van der Waals surface area contributed by atoms with Gasteiger partial charge in [-0.15, -0.1) is 0 Å². The van der Waals surface area contributed by atoms with Gasteiger partial charge in [-0.3, -0.25) is 14.3 Å². The summed E-state index contributed by atoms with van der Waals surface area (Å²) in [5.41, 5.74) is -0.516. The van der Waals surface area contributed by atoms with E-state index >= 15 is 0 Å². The summed E-state index contributed by atoms with van der Waals surface area (Å²) in [6, 6.07) is 0. The molecule has 0 saturated heterocycles. The van der Waals surface area contributed by atoms with Crippen molar-refractivity contribution >= 4 is 16.8 Å². The molecule has 107 valence electrons. The Labute approximate surface area is 118 Å². The van der Waals surface area contributed by atoms with Crippen molar-refractivity contribution in [3.63, 3.8) is 0 Å². The first-order valence-corrected chi connectivity index (χ1v) is 7.22. The van der Waals surface area contributed by atoms with Crippen LogP contribution in [0.3, 0.4) is 0 Å². The zero-order valence-corrected chi connectivity index (χ0v) is 11.8. The van der Waals surface area contributed by atoms with E-state index in [1.165, 1.54) is 10.8 Å². The van der Waals surface area contributed by atoms with Crippen molar-refractivity contribution in [3.05, 3.63) is 44.8 Å². The van der Waals surface area contributed by atoms with Gasteiger partial charge in [-0.1, -0.05) is 6.08 Å². The number of nitrogens with zero attached hydrogens (tertiary/aromatic N) is 1. The highest BCUT2D eigenvalue weighted by Crippen LogP contribution is 2.28. The van der Waals surface area contributed by atoms with Crippen molar-refractivity contribution in [2.24, 2.45) is 0 Å². The number of hydrogen-bond acceptors (Lipinski definition) is 5. The molecule has 1 aromatic heterocycles. The van der Waals surface area contributed by atoms with Crippen LogP contribution in [0.5, 0.6) is 0 Å². The average molecular weight is 297 g/mol. The molecule has 2 atom stereocenters. The van der Waals surface area contributed by atoms with Crippen LogP contribution in [0.25, 0.3) is 0 Å². The third-order valence-electron chi connectivity index (χ3n) is 2.84. The Hall–Kier alpha value is -1.21. The molecule has 1 aliphatic heterocycles. The molecule has 2 heterocycles. The monoisotopic (exact) mass is 297 g/mol. The normalized spacial score (nSPS) is 21.2. The second-order valence-corrected chi connectivity index (χ2v) is 5.51. The first kappa shape index (κ1) is 16.8. The molecule has 0 fully saturated rings. The third-order valence-corrected chi connectivity index (χ3v) is 3.50. The lowest BCUT2D eigenvalue weighted by Crippen LogP contribution is -2.33. The van der Waals surface area contributed by atoms with Crippen molar-refractivity contribution < 1.29 is 14.5 Å². The summed E-state index contributed by atoms with van der Waals surface area (Å²) in [5, 5.41) is 0. The van der Waals surface area contributed by atoms with E-state index in [-0.39, 0.29) is 20.7 Å². The van der Waals surface area contributed by atoms with Gasteiger partial charge in [-0.2, -0.15) is 0 Å². The molecule has 0 saturated carbocycles. The van der Waals surface area contributed by atoms with E-state index in [4.69, 9.17) is 14.5 Å². The molecule has 0 bridgehead atoms. The molecule has 7 nitrogen and oxygen atoms in total. The Morgan fingerprint density at radius 2 is 2.10 bits per heavy atom. The molecule has 3 radical (unpaired) electrons. The standard InChI is InChI=1S/C11H15N2O5P.B/c1-7-6-13(11(15)12-10(7)14)9-3-2-8(18-9)4-5-19(16)17;/h2-3,6,8-9,16-17H,4-5H2,1H3,(H,12,14,15);/t8-,9+;/m0./s1. The van der Waals surface area contributed by atoms with E-state index in [0.29, 0.717) is 12.0 Å². The second kappa shape index (κ2) is 6.99. The number of H-pyrrole nitrogens is 1. The molecular weight excluding hydrogens is 282 g/mol. The maximum absolute atomic E-state index is 11.7. The van der Waals surface area contributed by atoms with E-state index in [9.17, 15) is 9.59 Å². The fourth-order valence-corrected chi connectivity index (χ4v) is 2.31. The van der Waals surface area contributed by atoms with Crippen molar-refractivity contribution in [2.45, 2.75) is 25.7 Å². The van der Waals surface area contributed by atoms with E-state index in [1.807, 2.05) is 0 Å². The van der Waals surface area contributed by atoms with Crippen LogP contribution < -0.4 is 11.2 Å². The van der Waals surface area contributed by atoms with Crippen LogP contribution >= 0.6 is 8.38 Å². The molecule has 2 rings (SSSR count). The minimum atomic E-state index is -1.93. The van der Waals surface area contributed by atoms with Crippen molar-refractivity contribution in [3.8, 4) is 0 Å². The molecule has 9 heteroatoms. The number of nitrogens with one attached hydrogen (secondary N) is 1. The quantitative estimate of drug-likeness (QED) is 0.398. The summed E-state index contributed by atoms with van der Waals surface area (Å²) < 4.78 is 6.89. The number of rotatable bonds is 4. The number of aryl methyl sites for hydroxylation is 1. The van der Waals surface area contributed by atoms with Gasteiger partial charge in [0, 0.05) is 26.3 Å². The van der Waals surface area contributed by atoms with Crippen LogP contribution in [0.4, 0.5) is 0 Å². The summed E-state index contributed by atoms with van der Waals surface area (Å²) >= 11 is 0. The maximum Gasteiger partial charge on any atom is 0.330 e. The number of aromatic amines is 1. The van der Waals surface area contributed by atoms with Gasteiger partial charge in [-0.25, -0.2) is 4.79 Å². The zero-order chi connectivity index (χ0) is 14.0. The fraction of sp³-hybridized carbons (Fsp3) is 0.455. The number of hydrogen-bond donors (Lipinski definition) is 3. The van der Waals surface area contributed by atoms with Crippen molar-refractivity contribution in [1.82, 2.24) is 9.55 Å². The predicted molar refractivity (Wildman–Crippen MR) is 75.7 cm³/mol. The molecule has 0 aliphatic carbocycles. The van der Waals surface area contributed by atoms with Crippen LogP contribution in [-0.4, -0.2) is 40.0 Å². The minimum Gasteiger partial charge on any atom is -0.350 e. The first-order valence-electron chi connectivity index (χ1n) is 5.78. The summed E-state index contributed by atoms with van der Waals surface area (Å²) in [6.45, 7) is 1.61. The summed E-state index contributed by atoms with van der Waals surface area (Å²) in [7, 11) is -1.93. The number of ether oxygens (including phenoxy) is 1. The molecule has 0 unspecified atom stereocenters. The molecule has 0 aromatic carbocycles. The smallest absolute Gasteiger partial charge is 0.330 e. The second-order valence-electron chi connectivity index (χ2n) is 4.31. The summed E-state index contributed by atoms with van der Waals surface area (Å²) in [4.78, 5) is 42.9. The molecule has 1 aliphatic rings. The average Bonchev–Trinajstić information content (AvgIpc) is 2.80. The van der Waals surface area contributed by atoms with E-state index in [0.717, 1.165) is 0 Å². The largest absolute Gasteiger partial charge is 0.350 e. The lowest BCUT2D eigenvalue weighted by atomic mass is 10.3. The first-order chi connectivity index (χ1) is 8.97. The highest BCUT2D eigenvalue weighted by atomic mass is 31.2. The lowest BCUT2D eigenvalue weighted by molar-refractivity contribution is 0.0141. The van der Waals surface area contributed by atoms with Crippen molar-refractivity contribution in [1.29, 1.82) is 0 Å². The SMILES string of the molecule is Cc1cn([C@H]2C=C[C@@H](CCP(O)O)O2)c(=O)[nH]c1=O.[B]. The fourth-order valence-electron chi connectivity index (χ4n) is 1.83. The van der Waals surface area contributed by atoms with Crippen LogP contribution in [0, 0.1) is 6.92 Å². The lowest BCUT2D eigenvalue weighted by Gasteiger charge is -2.16. The Bertz CT molecular complexity index is 597. The summed E-state index contributed by atoms with van der Waals surface area (Å²) in [5.74, 6) is 0. The Morgan fingerprint density at radius 1 is 1.40 bits per heavy atom. The van der Waals surface area contributed by atoms with Crippen LogP contribution in [0.15, 0.2) is 27.9 Å². The van der Waals surface area contributed by atoms with Gasteiger partial charge in [0.05, 0.1) is 6.10 Å². The van der Waals surface area contributed by atoms with E-state index in [2.05, 4.69) is 4.98 Å². The molecule has 0 amide bonds. The van der Waals surface area contributed by atoms with Crippen LogP contribution in [0.2, 0.25) is 0 Å². The van der Waals surface area contributed by atoms with Crippen LogP contribution in [0.1, 0.15) is 18.2 Å². The topological polar surface area (TPSA) is 105 Å². The molecule has 0 spiro atoms. The Morgan fingerprint density at radius 3 is 2.75 bits per heavy atom. The van der Waals surface area contributed by atoms with Gasteiger partial charge in [0.25, 0.3) is 5.56 Å². The molecule has 1 aromatic rings. The Kier molecular flexibility index (Phi) is 5.89. The molecular formula is C11H15BN2O5P. The maximum atomic E-state index is 11.7. The van der Waals surface area contributed by atoms with Gasteiger partial charge in [-0.05, 0) is 19.4 Å². The van der Waals surface area contributed by atoms with E-state index in [1.54, 1.807) is 19.1 Å². The highest BCUT2D eigenvalue weighted by molar-refractivity contribution is 7.45. The summed E-state index contributed by atoms with van der Waals surface area (Å²) in [6.07, 6.45) is 4.84. The predicted octanol–water partition coefficient (Wildman–Crippen LogP) is -0.396. The van der Waals surface area contributed by atoms with E-state index < -0.39 is 25.9 Å². The Balaban J connectivity index is 0.00000200. The zero-order valence-electron chi connectivity index (χ0n) is 10.9. The van der Waals surface area contributed by atoms with Gasteiger partial charge in [0.2, 0.25) is 0 Å². The van der Waals surface area contributed by atoms with Gasteiger partial charge < -0.3 is 14.5 Å².